The normalized spacial score (nSPS) is 25.7. The second-order valence-corrected chi connectivity index (χ2v) is 7.13. The largest absolute Gasteiger partial charge is 0.437 e. The molecule has 0 spiro atoms. The molecule has 0 aliphatic carbocycles. The molecule has 3 aliphatic heterocycles. The summed E-state index contributed by atoms with van der Waals surface area (Å²) >= 11 is 0. The first-order chi connectivity index (χ1) is 11.9. The Morgan fingerprint density at radius 1 is 1.20 bits per heavy atom. The standard InChI is InChI=1S/C15H19F3N6O/c16-15(17,18)14(20-21-14)8-10-1-4-23(5-2-10)13(25)11-3-6-24-12(7-11)9-19-22-24/h9-11H,1-8H2. The molecule has 1 amide bonds. The highest BCUT2D eigenvalue weighted by Crippen LogP contribution is 2.49. The number of aromatic nitrogens is 3. The molecule has 4 heterocycles. The van der Waals surface area contributed by atoms with Crippen LogP contribution in [-0.4, -0.2) is 50.7 Å². The summed E-state index contributed by atoms with van der Waals surface area (Å²) < 4.78 is 40.6. The van der Waals surface area contributed by atoms with Crippen LogP contribution in [0.2, 0.25) is 0 Å². The van der Waals surface area contributed by atoms with Gasteiger partial charge in [-0.1, -0.05) is 5.21 Å². The number of alkyl halides is 3. The number of rotatable bonds is 3. The number of fused-ring (bicyclic) bond motifs is 1. The van der Waals surface area contributed by atoms with Gasteiger partial charge in [-0.3, -0.25) is 4.79 Å². The summed E-state index contributed by atoms with van der Waals surface area (Å²) in [5, 5.41) is 14.3. The van der Waals surface area contributed by atoms with Crippen LogP contribution in [0.15, 0.2) is 16.4 Å². The predicted molar refractivity (Wildman–Crippen MR) is 79.4 cm³/mol. The molecule has 0 radical (unpaired) electrons. The van der Waals surface area contributed by atoms with Gasteiger partial charge in [0.1, 0.15) is 0 Å². The third-order valence-electron chi connectivity index (χ3n) is 5.49. The molecule has 1 atom stereocenters. The molecule has 0 N–H and O–H groups in total. The zero-order valence-corrected chi connectivity index (χ0v) is 13.6. The summed E-state index contributed by atoms with van der Waals surface area (Å²) in [5.41, 5.74) is -1.21. The molecule has 3 aliphatic rings. The maximum absolute atomic E-state index is 12.9. The Balaban J connectivity index is 1.30. The van der Waals surface area contributed by atoms with Crippen LogP contribution in [0.5, 0.6) is 0 Å². The number of piperidine rings is 1. The Hall–Kier alpha value is -2.00. The highest BCUT2D eigenvalue weighted by molar-refractivity contribution is 5.79. The maximum atomic E-state index is 12.9. The van der Waals surface area contributed by atoms with E-state index < -0.39 is 11.8 Å². The van der Waals surface area contributed by atoms with E-state index in [1.807, 2.05) is 4.68 Å². The monoisotopic (exact) mass is 356 g/mol. The first-order valence-electron chi connectivity index (χ1n) is 8.55. The van der Waals surface area contributed by atoms with Crippen molar-refractivity contribution in [2.24, 2.45) is 22.1 Å². The predicted octanol–water partition coefficient (Wildman–Crippen LogP) is 2.19. The Bertz CT molecular complexity index is 686. The van der Waals surface area contributed by atoms with Crippen LogP contribution >= 0.6 is 0 Å². The van der Waals surface area contributed by atoms with Gasteiger partial charge in [-0.15, -0.1) is 15.3 Å². The van der Waals surface area contributed by atoms with Crippen molar-refractivity contribution in [3.05, 3.63) is 11.9 Å². The number of amides is 1. The minimum absolute atomic E-state index is 0.0856. The lowest BCUT2D eigenvalue weighted by atomic mass is 9.87. The van der Waals surface area contributed by atoms with Crippen molar-refractivity contribution in [1.82, 2.24) is 19.9 Å². The van der Waals surface area contributed by atoms with Gasteiger partial charge < -0.3 is 4.90 Å². The van der Waals surface area contributed by atoms with Gasteiger partial charge in [0, 0.05) is 38.4 Å². The summed E-state index contributed by atoms with van der Waals surface area (Å²) in [6, 6.07) is 0. The Morgan fingerprint density at radius 3 is 2.56 bits per heavy atom. The Labute approximate surface area is 142 Å². The molecular weight excluding hydrogens is 337 g/mol. The number of aryl methyl sites for hydroxylation is 1. The van der Waals surface area contributed by atoms with Crippen molar-refractivity contribution in [1.29, 1.82) is 0 Å². The first kappa shape index (κ1) is 16.5. The van der Waals surface area contributed by atoms with E-state index in [4.69, 9.17) is 0 Å². The van der Waals surface area contributed by atoms with E-state index in [2.05, 4.69) is 20.5 Å². The molecule has 1 saturated heterocycles. The van der Waals surface area contributed by atoms with Gasteiger partial charge in [0.15, 0.2) is 0 Å². The second kappa shape index (κ2) is 5.77. The first-order valence-corrected chi connectivity index (χ1v) is 8.55. The molecule has 0 saturated carbocycles. The lowest BCUT2D eigenvalue weighted by Gasteiger charge is -2.35. The van der Waals surface area contributed by atoms with E-state index in [1.165, 1.54) is 0 Å². The molecule has 25 heavy (non-hydrogen) atoms. The summed E-state index contributed by atoms with van der Waals surface area (Å²) in [7, 11) is 0. The van der Waals surface area contributed by atoms with Crippen LogP contribution in [0, 0.1) is 11.8 Å². The van der Waals surface area contributed by atoms with E-state index in [1.54, 1.807) is 11.1 Å². The lowest BCUT2D eigenvalue weighted by Crippen LogP contribution is -2.45. The zero-order valence-electron chi connectivity index (χ0n) is 13.6. The summed E-state index contributed by atoms with van der Waals surface area (Å²) in [5.74, 6) is -0.0904. The van der Waals surface area contributed by atoms with Crippen LogP contribution in [0.4, 0.5) is 13.2 Å². The van der Waals surface area contributed by atoms with Gasteiger partial charge in [-0.25, -0.2) is 4.68 Å². The van der Waals surface area contributed by atoms with Crippen molar-refractivity contribution in [3.8, 4) is 0 Å². The fourth-order valence-corrected chi connectivity index (χ4v) is 3.86. The highest BCUT2D eigenvalue weighted by Gasteiger charge is 2.64. The van der Waals surface area contributed by atoms with E-state index in [0.717, 1.165) is 12.1 Å². The van der Waals surface area contributed by atoms with E-state index in [9.17, 15) is 18.0 Å². The number of halogens is 3. The van der Waals surface area contributed by atoms with Gasteiger partial charge in [-0.05, 0) is 25.2 Å². The van der Waals surface area contributed by atoms with E-state index in [0.29, 0.717) is 38.9 Å². The summed E-state index contributed by atoms with van der Waals surface area (Å²) in [4.78, 5) is 14.5. The highest BCUT2D eigenvalue weighted by atomic mass is 19.4. The Kier molecular flexibility index (Phi) is 3.80. The lowest BCUT2D eigenvalue weighted by molar-refractivity contribution is -0.168. The average molecular weight is 356 g/mol. The van der Waals surface area contributed by atoms with E-state index in [-0.39, 0.29) is 24.2 Å². The smallest absolute Gasteiger partial charge is 0.342 e. The summed E-state index contributed by atoms with van der Waals surface area (Å²) in [6.07, 6.45) is -0.316. The van der Waals surface area contributed by atoms with Gasteiger partial charge >= 0.3 is 6.18 Å². The van der Waals surface area contributed by atoms with Gasteiger partial charge in [0.2, 0.25) is 5.91 Å². The topological polar surface area (TPSA) is 75.7 Å². The SMILES string of the molecule is O=C(C1CCn2nncc2C1)N1CCC(CC2(C(F)(F)F)N=N2)CC1. The van der Waals surface area contributed by atoms with Crippen LogP contribution in [0.25, 0.3) is 0 Å². The molecule has 1 unspecified atom stereocenters. The molecule has 7 nitrogen and oxygen atoms in total. The average Bonchev–Trinajstić information content (AvgIpc) is 3.23. The third kappa shape index (κ3) is 3.02. The molecule has 1 aromatic heterocycles. The van der Waals surface area contributed by atoms with Crippen molar-refractivity contribution >= 4 is 5.91 Å². The number of nitrogens with zero attached hydrogens (tertiary/aromatic N) is 6. The molecule has 4 rings (SSSR count). The minimum Gasteiger partial charge on any atom is -0.342 e. The van der Waals surface area contributed by atoms with Crippen LogP contribution in [0.3, 0.4) is 0 Å². The number of carbonyl (C=O) groups excluding carboxylic acids is 1. The fraction of sp³-hybridized carbons (Fsp3) is 0.800. The zero-order chi connectivity index (χ0) is 17.7. The fourth-order valence-electron chi connectivity index (χ4n) is 3.86. The number of likely N-dealkylation sites (tertiary alicyclic amines) is 1. The second-order valence-electron chi connectivity index (χ2n) is 7.13. The molecule has 0 bridgehead atoms. The van der Waals surface area contributed by atoms with Crippen LogP contribution in [-0.2, 0) is 17.8 Å². The minimum atomic E-state index is -4.40. The number of carbonyl (C=O) groups is 1. The van der Waals surface area contributed by atoms with Crippen molar-refractivity contribution in [2.45, 2.75) is 50.5 Å². The molecule has 136 valence electrons. The van der Waals surface area contributed by atoms with Crippen LogP contribution < -0.4 is 0 Å². The number of hydrogen-bond donors (Lipinski definition) is 0. The van der Waals surface area contributed by atoms with Crippen molar-refractivity contribution in [3.63, 3.8) is 0 Å². The van der Waals surface area contributed by atoms with E-state index >= 15 is 0 Å². The Morgan fingerprint density at radius 2 is 1.92 bits per heavy atom. The molecule has 10 heteroatoms. The van der Waals surface area contributed by atoms with Gasteiger partial charge in [0.05, 0.1) is 11.9 Å². The van der Waals surface area contributed by atoms with Gasteiger partial charge in [0.25, 0.3) is 5.66 Å². The number of hydrogen-bond acceptors (Lipinski definition) is 5. The third-order valence-corrected chi connectivity index (χ3v) is 5.49. The summed E-state index contributed by atoms with van der Waals surface area (Å²) in [6.45, 7) is 1.69. The van der Waals surface area contributed by atoms with Crippen molar-refractivity contribution in [2.75, 3.05) is 13.1 Å². The molecule has 1 aromatic rings. The quantitative estimate of drug-likeness (QED) is 0.833. The maximum Gasteiger partial charge on any atom is 0.437 e. The molecule has 1 fully saturated rings. The molecule has 0 aromatic carbocycles. The van der Waals surface area contributed by atoms with Crippen molar-refractivity contribution < 1.29 is 18.0 Å². The van der Waals surface area contributed by atoms with Gasteiger partial charge in [-0.2, -0.15) is 13.2 Å². The van der Waals surface area contributed by atoms with Crippen LogP contribution in [0.1, 0.15) is 31.4 Å². The molecular formula is C15H19F3N6O.